The number of carbonyl (C=O) groups excluding carboxylic acids is 1. The summed E-state index contributed by atoms with van der Waals surface area (Å²) in [6, 6.07) is 36.7. The normalized spacial score (nSPS) is 16.7. The molecule has 0 bridgehead atoms. The fraction of sp³-hybridized carbons (Fsp3) is 0.296. The molecule has 9 rings (SSSR count). The number of allylic oxidation sites excluding steroid dienone is 14. The molecule has 0 unspecified atom stereocenters. The Morgan fingerprint density at radius 3 is 1.82 bits per heavy atom. The zero-order valence-corrected chi connectivity index (χ0v) is 52.6. The standard InChI is InChI=1S/C30H35N3O.C19H17N3O.C17H14N.C5H8O2.Ir/c1-28(2,3)26-18-21(25(19-31)32-8)17-22(34-26)10-9-20-15-23-27-24(16-20)30(6,7)12-14-33(27)13-11-29(23,4)5;1-14-11-16(19(13-20)21-2)12-18(23-14)10-7-15-5-8-17(9-6-15)22(3)4;1-12-9-13(2)11-15(10-12)17-8-7-14-5-3-4-6-16(14)18-17;1-4(6)3-5(2)7;/h9-10,15-18H,11-14H2,1-7H3;5-12H,1,3-4H3;3-10H,1-2H3;3,6H,1-2H3;/q;;-1;;/b10-9+,25-21-;10-7+,19-16+;;;. The summed E-state index contributed by atoms with van der Waals surface area (Å²) in [5.74, 6) is 2.59. The van der Waals surface area contributed by atoms with Crippen molar-refractivity contribution in [2.24, 2.45) is 5.41 Å². The first kappa shape index (κ1) is 65.0. The van der Waals surface area contributed by atoms with Gasteiger partial charge in [-0.2, -0.15) is 0 Å². The molecule has 0 saturated heterocycles. The molecule has 12 heteroatoms. The van der Waals surface area contributed by atoms with Crippen molar-refractivity contribution in [2.45, 2.75) is 107 Å². The average molecular weight is 1280 g/mol. The van der Waals surface area contributed by atoms with Crippen LogP contribution in [-0.2, 0) is 45.2 Å². The molecule has 5 heterocycles. The second kappa shape index (κ2) is 28.3. The van der Waals surface area contributed by atoms with Gasteiger partial charge in [0, 0.05) is 70.2 Å². The SMILES string of the molecule is CC(=O)C=C(C)O.Cc1[c-]c(-c2ccc3ccccc3n2)cc(C)c1.[C-]#[N+]/C(C#N)=C1C=C(/C=C/c2cc3c4c(c2)C(C)(C)CCN4CCC3(C)C)OC(C(C)(C)C)=C/1.[C-]#[N+]/C(C#N)=C1\C=C(C)OC(/C=C/c2ccc(N(C)C)cc2)=C1.[Ir]. The Labute approximate surface area is 506 Å². The minimum atomic E-state index is -0.241. The van der Waals surface area contributed by atoms with E-state index in [1.54, 1.807) is 25.2 Å². The smallest absolute Gasteiger partial charge is 0.269 e. The quantitative estimate of drug-likeness (QED) is 0.0732. The van der Waals surface area contributed by atoms with Gasteiger partial charge in [-0.3, -0.25) is 9.78 Å². The number of ketones is 1. The number of anilines is 2. The Morgan fingerprint density at radius 1 is 0.759 bits per heavy atom. The third kappa shape index (κ3) is 17.6. The Hall–Kier alpha value is -8.77. The average Bonchev–Trinajstić information content (AvgIpc) is 3.54. The third-order valence-corrected chi connectivity index (χ3v) is 14.1. The Morgan fingerprint density at radius 2 is 1.31 bits per heavy atom. The van der Waals surface area contributed by atoms with Crippen LogP contribution in [-0.4, -0.2) is 43.1 Å². The van der Waals surface area contributed by atoms with Gasteiger partial charge in [-0.15, -0.1) is 34.9 Å². The van der Waals surface area contributed by atoms with Crippen molar-refractivity contribution in [3.63, 3.8) is 0 Å². The molecule has 4 aliphatic heterocycles. The van der Waals surface area contributed by atoms with Gasteiger partial charge in [-0.25, -0.2) is 20.2 Å². The number of ether oxygens (including phenoxy) is 2. The summed E-state index contributed by atoms with van der Waals surface area (Å²) in [5.41, 5.74) is 14.5. The number of nitriles is 2. The maximum Gasteiger partial charge on any atom is 0.269 e. The van der Waals surface area contributed by atoms with Crippen LogP contribution >= 0.6 is 0 Å². The van der Waals surface area contributed by atoms with E-state index < -0.39 is 0 Å². The second-order valence-electron chi connectivity index (χ2n) is 23.3. The van der Waals surface area contributed by atoms with E-state index in [1.807, 2.05) is 97.9 Å². The summed E-state index contributed by atoms with van der Waals surface area (Å²) in [6.07, 6.45) is 18.3. The molecule has 11 nitrogen and oxygen atoms in total. The first-order chi connectivity index (χ1) is 38.7. The summed E-state index contributed by atoms with van der Waals surface area (Å²) in [5, 5.41) is 27.9. The maximum atomic E-state index is 10.0. The third-order valence-electron chi connectivity index (χ3n) is 14.1. The minimum Gasteiger partial charge on any atom is -0.512 e. The first-order valence-electron chi connectivity index (χ1n) is 27.3. The van der Waals surface area contributed by atoms with E-state index in [-0.39, 0.29) is 59.3 Å². The topological polar surface area (TPSA) is 131 Å². The summed E-state index contributed by atoms with van der Waals surface area (Å²) in [4.78, 5) is 26.0. The van der Waals surface area contributed by atoms with Crippen LogP contribution in [0.2, 0.25) is 0 Å². The van der Waals surface area contributed by atoms with Crippen LogP contribution in [0.3, 0.4) is 0 Å². The second-order valence-corrected chi connectivity index (χ2v) is 23.3. The number of nitrogens with zero attached hydrogens (tertiary/aromatic N) is 7. The van der Waals surface area contributed by atoms with Crippen LogP contribution in [0.5, 0.6) is 0 Å². The van der Waals surface area contributed by atoms with Crippen molar-refractivity contribution in [3.05, 3.63) is 241 Å². The number of hydrogen-bond acceptors (Lipinski definition) is 9. The fourth-order valence-electron chi connectivity index (χ4n) is 9.64. The van der Waals surface area contributed by atoms with Crippen LogP contribution in [0.25, 0.3) is 44.0 Å². The molecule has 0 fully saturated rings. The summed E-state index contributed by atoms with van der Waals surface area (Å²) in [7, 11) is 4.00. The first-order valence-corrected chi connectivity index (χ1v) is 27.3. The zero-order chi connectivity index (χ0) is 60.1. The monoisotopic (exact) mass is 1280 g/mol. The summed E-state index contributed by atoms with van der Waals surface area (Å²) in [6.45, 7) is 41.1. The Kier molecular flexibility index (Phi) is 22.2. The number of rotatable bonds is 7. The number of aliphatic hydroxyl groups excluding tert-OH is 1. The van der Waals surface area contributed by atoms with Crippen molar-refractivity contribution in [1.29, 1.82) is 10.5 Å². The predicted molar refractivity (Wildman–Crippen MR) is 333 cm³/mol. The number of aryl methyl sites for hydroxylation is 2. The Balaban J connectivity index is 0.000000224. The largest absolute Gasteiger partial charge is 0.512 e. The van der Waals surface area contributed by atoms with E-state index in [0.717, 1.165) is 70.8 Å². The molecule has 0 amide bonds. The van der Waals surface area contributed by atoms with Gasteiger partial charge in [0.05, 0.1) is 36.6 Å². The van der Waals surface area contributed by atoms with Crippen LogP contribution in [0, 0.1) is 61.1 Å². The van der Waals surface area contributed by atoms with Crippen molar-refractivity contribution in [2.75, 3.05) is 37.0 Å². The molecule has 83 heavy (non-hydrogen) atoms. The van der Waals surface area contributed by atoms with Crippen LogP contribution in [0.4, 0.5) is 11.4 Å². The van der Waals surface area contributed by atoms with Crippen molar-refractivity contribution >= 4 is 40.2 Å². The number of benzene rings is 4. The van der Waals surface area contributed by atoms with Crippen LogP contribution < -0.4 is 9.80 Å². The summed E-state index contributed by atoms with van der Waals surface area (Å²) >= 11 is 0. The molecule has 0 saturated carbocycles. The molecule has 1 aromatic heterocycles. The van der Waals surface area contributed by atoms with Gasteiger partial charge < -0.3 is 24.4 Å². The number of pyridine rings is 1. The molecule has 1 radical (unpaired) electrons. The van der Waals surface area contributed by atoms with Gasteiger partial charge in [-0.05, 0) is 156 Å². The number of hydrogen-bond donors (Lipinski definition) is 1. The van der Waals surface area contributed by atoms with E-state index >= 15 is 0 Å². The molecule has 0 spiro atoms. The predicted octanol–water partition coefficient (Wildman–Crippen LogP) is 17.0. The van der Waals surface area contributed by atoms with Gasteiger partial charge >= 0.3 is 0 Å². The molecule has 4 aliphatic rings. The zero-order valence-electron chi connectivity index (χ0n) is 50.2. The molecule has 5 aromatic rings. The van der Waals surface area contributed by atoms with Crippen molar-refractivity contribution in [3.8, 4) is 23.4 Å². The van der Waals surface area contributed by atoms with E-state index in [9.17, 15) is 10.1 Å². The van der Waals surface area contributed by atoms with E-state index in [4.69, 9.17) is 38.0 Å². The van der Waals surface area contributed by atoms with Gasteiger partial charge in [0.25, 0.3) is 11.4 Å². The minimum absolute atomic E-state index is 0. The van der Waals surface area contributed by atoms with Gasteiger partial charge in [0.2, 0.25) is 0 Å². The van der Waals surface area contributed by atoms with Gasteiger partial charge in [0.1, 0.15) is 23.0 Å². The molecule has 427 valence electrons. The van der Waals surface area contributed by atoms with Gasteiger partial charge in [-0.1, -0.05) is 117 Å². The number of carbonyl (C=O) groups is 1. The molecule has 1 N–H and O–H groups in total. The van der Waals surface area contributed by atoms with Gasteiger partial charge in [0.15, 0.2) is 5.78 Å². The maximum absolute atomic E-state index is 10.0. The molecule has 0 atom stereocenters. The number of fused-ring (bicyclic) bond motifs is 1. The molecule has 4 aromatic carbocycles. The molecule has 0 aliphatic carbocycles. The van der Waals surface area contributed by atoms with Crippen molar-refractivity contribution < 1.29 is 39.5 Å². The molecular weight excluding hydrogens is 1210 g/mol. The summed E-state index contributed by atoms with van der Waals surface area (Å²) < 4.78 is 11.8. The van der Waals surface area contributed by atoms with Crippen LogP contribution in [0.15, 0.2) is 179 Å². The van der Waals surface area contributed by atoms with E-state index in [0.29, 0.717) is 28.4 Å². The number of aliphatic hydroxyl groups is 1. The fourth-order valence-corrected chi connectivity index (χ4v) is 9.64. The number of aromatic nitrogens is 1. The number of para-hydroxylation sites is 1. The van der Waals surface area contributed by atoms with E-state index in [2.05, 4.69) is 132 Å². The van der Waals surface area contributed by atoms with Crippen molar-refractivity contribution in [1.82, 2.24) is 4.98 Å². The molecular formula is C71H74IrN7O4-. The Bertz CT molecular complexity index is 3630. The van der Waals surface area contributed by atoms with E-state index in [1.165, 1.54) is 47.7 Å². The van der Waals surface area contributed by atoms with Crippen LogP contribution in [0.1, 0.15) is 115 Å².